The van der Waals surface area contributed by atoms with E-state index in [4.69, 9.17) is 0 Å². The van der Waals surface area contributed by atoms with Gasteiger partial charge >= 0.3 is 0 Å². The zero-order valence-electron chi connectivity index (χ0n) is 15.6. The molecule has 1 atom stereocenters. The Hall–Kier alpha value is -1.30. The number of guanidine groups is 1. The Morgan fingerprint density at radius 2 is 1.78 bits per heavy atom. The molecule has 0 bridgehead atoms. The van der Waals surface area contributed by atoms with E-state index in [1.807, 2.05) is 6.92 Å². The maximum atomic E-state index is 11.7. The van der Waals surface area contributed by atoms with Crippen molar-refractivity contribution < 1.29 is 4.79 Å². The summed E-state index contributed by atoms with van der Waals surface area (Å²) in [4.78, 5) is 20.0. The van der Waals surface area contributed by atoms with Crippen molar-refractivity contribution in [2.24, 2.45) is 10.9 Å². The van der Waals surface area contributed by atoms with Gasteiger partial charge in [0.15, 0.2) is 5.96 Å². The molecule has 0 aliphatic heterocycles. The molecule has 6 heteroatoms. The molecule has 0 heterocycles. The predicted octanol–water partition coefficient (Wildman–Crippen LogP) is 1.14. The monoisotopic (exact) mass is 325 g/mol. The standard InChI is InChI=1S/C17H35N5O/c1-6-18-17(20-13-16(23)22(4)5)19-12-15(21(2)3)14-10-8-7-9-11-14/h14-15H,6-13H2,1-5H3,(H2,18,19,20). The van der Waals surface area contributed by atoms with Crippen LogP contribution in [0, 0.1) is 5.92 Å². The van der Waals surface area contributed by atoms with Crippen LogP contribution in [0.1, 0.15) is 39.0 Å². The van der Waals surface area contributed by atoms with Crippen LogP contribution in [0.5, 0.6) is 0 Å². The lowest BCUT2D eigenvalue weighted by Crippen LogP contribution is -2.48. The molecule has 1 aliphatic carbocycles. The topological polar surface area (TPSA) is 60.0 Å². The highest BCUT2D eigenvalue weighted by Gasteiger charge is 2.25. The van der Waals surface area contributed by atoms with E-state index in [9.17, 15) is 4.79 Å². The van der Waals surface area contributed by atoms with Crippen molar-refractivity contribution in [3.8, 4) is 0 Å². The number of hydrogen-bond acceptors (Lipinski definition) is 3. The summed E-state index contributed by atoms with van der Waals surface area (Å²) in [7, 11) is 7.81. The number of nitrogens with zero attached hydrogens (tertiary/aromatic N) is 3. The molecule has 6 nitrogen and oxygen atoms in total. The quantitative estimate of drug-likeness (QED) is 0.544. The Balaban J connectivity index is 2.59. The summed E-state index contributed by atoms with van der Waals surface area (Å²) in [5.74, 6) is 1.49. The van der Waals surface area contributed by atoms with E-state index < -0.39 is 0 Å². The summed E-state index contributed by atoms with van der Waals surface area (Å²) >= 11 is 0. The van der Waals surface area contributed by atoms with Gasteiger partial charge in [0.05, 0.1) is 0 Å². The van der Waals surface area contributed by atoms with Gasteiger partial charge in [0.1, 0.15) is 6.54 Å². The van der Waals surface area contributed by atoms with E-state index >= 15 is 0 Å². The minimum Gasteiger partial charge on any atom is -0.357 e. The van der Waals surface area contributed by atoms with Crippen molar-refractivity contribution in [1.29, 1.82) is 0 Å². The molecule has 0 saturated heterocycles. The molecular weight excluding hydrogens is 290 g/mol. The average molecular weight is 326 g/mol. The molecule has 1 fully saturated rings. The van der Waals surface area contributed by atoms with E-state index in [0.717, 1.165) is 25.0 Å². The number of amides is 1. The smallest absolute Gasteiger partial charge is 0.243 e. The molecule has 134 valence electrons. The van der Waals surface area contributed by atoms with Gasteiger partial charge in [-0.3, -0.25) is 4.79 Å². The van der Waals surface area contributed by atoms with Gasteiger partial charge in [0.2, 0.25) is 5.91 Å². The summed E-state index contributed by atoms with van der Waals surface area (Å²) < 4.78 is 0. The third-order valence-electron chi connectivity index (χ3n) is 4.55. The molecule has 1 amide bonds. The molecule has 0 aromatic rings. The van der Waals surface area contributed by atoms with E-state index in [-0.39, 0.29) is 12.5 Å². The van der Waals surface area contributed by atoms with Crippen LogP contribution in [-0.2, 0) is 4.79 Å². The van der Waals surface area contributed by atoms with Crippen molar-refractivity contribution in [3.05, 3.63) is 0 Å². The van der Waals surface area contributed by atoms with Gasteiger partial charge in [0, 0.05) is 33.2 Å². The predicted molar refractivity (Wildman–Crippen MR) is 96.7 cm³/mol. The van der Waals surface area contributed by atoms with Crippen molar-refractivity contribution in [3.63, 3.8) is 0 Å². The van der Waals surface area contributed by atoms with Crippen molar-refractivity contribution >= 4 is 11.9 Å². The molecule has 1 saturated carbocycles. The van der Waals surface area contributed by atoms with Crippen LogP contribution >= 0.6 is 0 Å². The van der Waals surface area contributed by atoms with E-state index in [1.54, 1.807) is 19.0 Å². The Bertz CT molecular complexity index is 375. The Labute approximate surface area is 141 Å². The minimum absolute atomic E-state index is 0.0126. The van der Waals surface area contributed by atoms with Crippen LogP contribution in [0.15, 0.2) is 4.99 Å². The zero-order chi connectivity index (χ0) is 17.2. The fourth-order valence-electron chi connectivity index (χ4n) is 3.12. The van der Waals surface area contributed by atoms with Crippen LogP contribution in [0.25, 0.3) is 0 Å². The number of nitrogens with one attached hydrogen (secondary N) is 2. The first-order chi connectivity index (χ1) is 11.0. The maximum Gasteiger partial charge on any atom is 0.243 e. The Morgan fingerprint density at radius 3 is 2.30 bits per heavy atom. The van der Waals surface area contributed by atoms with Crippen LogP contribution in [0.4, 0.5) is 0 Å². The van der Waals surface area contributed by atoms with Gasteiger partial charge in [-0.05, 0) is 39.8 Å². The maximum absolute atomic E-state index is 11.7. The summed E-state index contributed by atoms with van der Waals surface area (Å²) in [6.07, 6.45) is 6.70. The highest BCUT2D eigenvalue weighted by Crippen LogP contribution is 2.27. The Morgan fingerprint density at radius 1 is 1.13 bits per heavy atom. The molecule has 1 unspecified atom stereocenters. The van der Waals surface area contributed by atoms with Gasteiger partial charge in [-0.25, -0.2) is 4.99 Å². The SMILES string of the molecule is CCNC(=NCC(=O)N(C)C)NCC(C1CCCCC1)N(C)C. The third-order valence-corrected chi connectivity index (χ3v) is 4.55. The van der Waals surface area contributed by atoms with Crippen LogP contribution in [0.2, 0.25) is 0 Å². The van der Waals surface area contributed by atoms with Crippen molar-refractivity contribution in [1.82, 2.24) is 20.4 Å². The van der Waals surface area contributed by atoms with E-state index in [2.05, 4.69) is 34.6 Å². The lowest BCUT2D eigenvalue weighted by atomic mass is 9.83. The van der Waals surface area contributed by atoms with E-state index in [1.165, 1.54) is 32.1 Å². The Kier molecular flexibility index (Phi) is 8.99. The molecule has 0 spiro atoms. The van der Waals surface area contributed by atoms with Crippen molar-refractivity contribution in [2.75, 3.05) is 47.8 Å². The average Bonchev–Trinajstić information content (AvgIpc) is 2.52. The van der Waals surface area contributed by atoms with Crippen molar-refractivity contribution in [2.45, 2.75) is 45.1 Å². The number of likely N-dealkylation sites (N-methyl/N-ethyl adjacent to an activating group) is 2. The summed E-state index contributed by atoms with van der Waals surface area (Å²) in [5.41, 5.74) is 0. The summed E-state index contributed by atoms with van der Waals surface area (Å²) in [6, 6.07) is 0.503. The summed E-state index contributed by atoms with van der Waals surface area (Å²) in [5, 5.41) is 6.64. The van der Waals surface area contributed by atoms with E-state index in [0.29, 0.717) is 6.04 Å². The second kappa shape index (κ2) is 10.5. The molecule has 0 radical (unpaired) electrons. The second-order valence-corrected chi connectivity index (χ2v) is 6.79. The first-order valence-corrected chi connectivity index (χ1v) is 8.84. The molecular formula is C17H35N5O. The fourth-order valence-corrected chi connectivity index (χ4v) is 3.12. The lowest BCUT2D eigenvalue weighted by molar-refractivity contribution is -0.127. The first kappa shape index (κ1) is 19.7. The van der Waals surface area contributed by atoms with Gasteiger partial charge in [-0.1, -0.05) is 19.3 Å². The molecule has 1 rings (SSSR count). The highest BCUT2D eigenvalue weighted by molar-refractivity contribution is 5.84. The van der Waals surface area contributed by atoms with Gasteiger partial charge in [-0.2, -0.15) is 0 Å². The molecule has 0 aromatic heterocycles. The van der Waals surface area contributed by atoms with Crippen LogP contribution < -0.4 is 10.6 Å². The number of carbonyl (C=O) groups is 1. The molecule has 1 aliphatic rings. The van der Waals surface area contributed by atoms with Crippen LogP contribution in [0.3, 0.4) is 0 Å². The second-order valence-electron chi connectivity index (χ2n) is 6.79. The number of rotatable bonds is 7. The van der Waals surface area contributed by atoms with Gasteiger partial charge in [0.25, 0.3) is 0 Å². The minimum atomic E-state index is 0.0126. The normalized spacial score (nSPS) is 17.9. The first-order valence-electron chi connectivity index (χ1n) is 8.84. The van der Waals surface area contributed by atoms with Gasteiger partial charge in [-0.15, -0.1) is 0 Å². The molecule has 2 N–H and O–H groups in total. The lowest BCUT2D eigenvalue weighted by Gasteiger charge is -2.35. The summed E-state index contributed by atoms with van der Waals surface area (Å²) in [6.45, 7) is 3.87. The number of hydrogen-bond donors (Lipinski definition) is 2. The van der Waals surface area contributed by atoms with Gasteiger partial charge < -0.3 is 20.4 Å². The molecule has 23 heavy (non-hydrogen) atoms. The fraction of sp³-hybridized carbons (Fsp3) is 0.882. The highest BCUT2D eigenvalue weighted by atomic mass is 16.2. The number of carbonyl (C=O) groups excluding carboxylic acids is 1. The zero-order valence-corrected chi connectivity index (χ0v) is 15.6. The largest absolute Gasteiger partial charge is 0.357 e. The number of aliphatic imine (C=N–C) groups is 1. The van der Waals surface area contributed by atoms with Crippen LogP contribution in [-0.4, -0.2) is 75.5 Å². The molecule has 0 aromatic carbocycles. The third kappa shape index (κ3) is 7.20.